The first-order valence-corrected chi connectivity index (χ1v) is 8.02. The Morgan fingerprint density at radius 3 is 2.85 bits per heavy atom. The van der Waals surface area contributed by atoms with Gasteiger partial charge in [0, 0.05) is 18.0 Å². The van der Waals surface area contributed by atoms with Gasteiger partial charge in [0.2, 0.25) is 6.79 Å². The van der Waals surface area contributed by atoms with Crippen LogP contribution in [0.1, 0.15) is 5.56 Å². The molecule has 1 aromatic carbocycles. The van der Waals surface area contributed by atoms with Crippen molar-refractivity contribution in [1.82, 2.24) is 24.5 Å². The molecule has 8 heteroatoms. The van der Waals surface area contributed by atoms with Crippen molar-refractivity contribution in [3.63, 3.8) is 0 Å². The van der Waals surface area contributed by atoms with Gasteiger partial charge < -0.3 is 9.47 Å². The highest BCUT2D eigenvalue weighted by molar-refractivity contribution is 5.72. The van der Waals surface area contributed by atoms with Gasteiger partial charge in [-0.05, 0) is 35.9 Å². The molecular weight excluding hydrogens is 334 g/mol. The Hall–Kier alpha value is -3.68. The molecule has 128 valence electrons. The summed E-state index contributed by atoms with van der Waals surface area (Å²) in [5.41, 5.74) is 3.15. The van der Waals surface area contributed by atoms with Crippen molar-refractivity contribution in [3.8, 4) is 22.8 Å². The zero-order valence-corrected chi connectivity index (χ0v) is 13.5. The SMILES string of the molecule is O=c1[nH]c2ncc(-c3ccc4c(c3)OCO4)nc2n1Cc1ccncc1. The number of aromatic nitrogens is 5. The zero-order chi connectivity index (χ0) is 17.5. The van der Waals surface area contributed by atoms with Crippen LogP contribution in [0.2, 0.25) is 0 Å². The number of nitrogens with one attached hydrogen (secondary N) is 1. The Morgan fingerprint density at radius 2 is 1.96 bits per heavy atom. The van der Waals surface area contributed by atoms with Gasteiger partial charge in [-0.1, -0.05) is 0 Å². The summed E-state index contributed by atoms with van der Waals surface area (Å²) in [6.45, 7) is 0.605. The average Bonchev–Trinajstić information content (AvgIpc) is 3.26. The summed E-state index contributed by atoms with van der Waals surface area (Å²) >= 11 is 0. The second kappa shape index (κ2) is 5.69. The summed E-state index contributed by atoms with van der Waals surface area (Å²) in [5, 5.41) is 0. The Balaban J connectivity index is 1.60. The van der Waals surface area contributed by atoms with Crippen molar-refractivity contribution < 1.29 is 9.47 Å². The number of benzene rings is 1. The molecule has 0 atom stereocenters. The van der Waals surface area contributed by atoms with E-state index in [1.165, 1.54) is 0 Å². The number of rotatable bonds is 3. The summed E-state index contributed by atoms with van der Waals surface area (Å²) < 4.78 is 12.3. The van der Waals surface area contributed by atoms with Crippen LogP contribution in [0.4, 0.5) is 0 Å². The molecule has 0 spiro atoms. The van der Waals surface area contributed by atoms with Gasteiger partial charge in [-0.15, -0.1) is 0 Å². The number of pyridine rings is 1. The van der Waals surface area contributed by atoms with Crippen molar-refractivity contribution in [2.75, 3.05) is 6.79 Å². The molecule has 0 radical (unpaired) electrons. The van der Waals surface area contributed by atoms with Gasteiger partial charge in [0.15, 0.2) is 22.8 Å². The summed E-state index contributed by atoms with van der Waals surface area (Å²) in [5.74, 6) is 1.38. The molecule has 0 fully saturated rings. The quantitative estimate of drug-likeness (QED) is 0.609. The second-order valence-electron chi connectivity index (χ2n) is 5.87. The molecule has 0 bridgehead atoms. The van der Waals surface area contributed by atoms with E-state index in [0.29, 0.717) is 35.0 Å². The largest absolute Gasteiger partial charge is 0.454 e. The number of aromatic amines is 1. The maximum atomic E-state index is 12.3. The predicted molar refractivity (Wildman–Crippen MR) is 93.0 cm³/mol. The number of hydrogen-bond donors (Lipinski definition) is 1. The van der Waals surface area contributed by atoms with Crippen molar-refractivity contribution in [1.29, 1.82) is 0 Å². The smallest absolute Gasteiger partial charge is 0.329 e. The molecule has 4 aromatic rings. The van der Waals surface area contributed by atoms with Crippen LogP contribution in [0.25, 0.3) is 22.6 Å². The Bertz CT molecular complexity index is 1170. The van der Waals surface area contributed by atoms with Crippen LogP contribution in [0.5, 0.6) is 11.5 Å². The van der Waals surface area contributed by atoms with Crippen LogP contribution in [-0.4, -0.2) is 31.3 Å². The fraction of sp³-hybridized carbons (Fsp3) is 0.111. The third kappa shape index (κ3) is 2.39. The lowest BCUT2D eigenvalue weighted by atomic mass is 10.1. The highest BCUT2D eigenvalue weighted by Crippen LogP contribution is 2.35. The first-order valence-electron chi connectivity index (χ1n) is 8.02. The number of ether oxygens (including phenoxy) is 2. The van der Waals surface area contributed by atoms with Gasteiger partial charge in [-0.2, -0.15) is 0 Å². The van der Waals surface area contributed by atoms with E-state index in [1.807, 2.05) is 30.3 Å². The number of H-pyrrole nitrogens is 1. The lowest BCUT2D eigenvalue weighted by Crippen LogP contribution is -2.17. The number of fused-ring (bicyclic) bond motifs is 2. The minimum atomic E-state index is -0.250. The van der Waals surface area contributed by atoms with E-state index in [4.69, 9.17) is 9.47 Å². The highest BCUT2D eigenvalue weighted by Gasteiger charge is 2.16. The summed E-state index contributed by atoms with van der Waals surface area (Å²) in [6, 6.07) is 9.31. The normalized spacial score (nSPS) is 12.6. The van der Waals surface area contributed by atoms with Crippen molar-refractivity contribution in [2.45, 2.75) is 6.54 Å². The fourth-order valence-corrected chi connectivity index (χ4v) is 2.93. The Kier molecular flexibility index (Phi) is 3.21. The molecule has 0 unspecified atom stereocenters. The Labute approximate surface area is 147 Å². The van der Waals surface area contributed by atoms with Crippen LogP contribution in [0.15, 0.2) is 53.7 Å². The highest BCUT2D eigenvalue weighted by atomic mass is 16.7. The molecular formula is C18H13N5O3. The van der Waals surface area contributed by atoms with E-state index >= 15 is 0 Å². The summed E-state index contributed by atoms with van der Waals surface area (Å²) in [4.78, 5) is 28.1. The number of hydrogen-bond acceptors (Lipinski definition) is 6. The molecule has 1 aliphatic rings. The Morgan fingerprint density at radius 1 is 1.12 bits per heavy atom. The van der Waals surface area contributed by atoms with E-state index in [2.05, 4.69) is 19.9 Å². The van der Waals surface area contributed by atoms with Crippen LogP contribution in [-0.2, 0) is 6.54 Å². The molecule has 3 aromatic heterocycles. The predicted octanol–water partition coefficient (Wildman–Crippen LogP) is 1.96. The van der Waals surface area contributed by atoms with E-state index in [-0.39, 0.29) is 12.5 Å². The molecule has 1 N–H and O–H groups in total. The first-order chi connectivity index (χ1) is 12.8. The minimum absolute atomic E-state index is 0.215. The molecule has 4 heterocycles. The molecule has 5 rings (SSSR count). The van der Waals surface area contributed by atoms with Crippen molar-refractivity contribution in [3.05, 3.63) is 65.0 Å². The third-order valence-corrected chi connectivity index (χ3v) is 4.24. The number of nitrogens with zero attached hydrogens (tertiary/aromatic N) is 4. The van der Waals surface area contributed by atoms with Gasteiger partial charge in [-0.3, -0.25) is 14.5 Å². The van der Waals surface area contributed by atoms with Gasteiger partial charge in [0.25, 0.3) is 0 Å². The van der Waals surface area contributed by atoms with Crippen LogP contribution < -0.4 is 15.2 Å². The summed E-state index contributed by atoms with van der Waals surface area (Å²) in [6.07, 6.45) is 5.02. The van der Waals surface area contributed by atoms with E-state index in [9.17, 15) is 4.79 Å². The van der Waals surface area contributed by atoms with Crippen molar-refractivity contribution in [2.24, 2.45) is 0 Å². The van der Waals surface area contributed by atoms with Gasteiger partial charge in [0.05, 0.1) is 18.4 Å². The maximum Gasteiger partial charge on any atom is 0.329 e. The first kappa shape index (κ1) is 14.6. The molecule has 0 saturated heterocycles. The van der Waals surface area contributed by atoms with Gasteiger partial charge in [0.1, 0.15) is 0 Å². The fourth-order valence-electron chi connectivity index (χ4n) is 2.93. The minimum Gasteiger partial charge on any atom is -0.454 e. The lowest BCUT2D eigenvalue weighted by molar-refractivity contribution is 0.174. The molecule has 0 aliphatic carbocycles. The molecule has 0 amide bonds. The standard InChI is InChI=1S/C18H13N5O3/c24-18-22-16-17(23(18)9-11-3-5-19-6-4-11)21-13(8-20-16)12-1-2-14-15(7-12)26-10-25-14/h1-8H,9-10H2,(H,20,22,24). The topological polar surface area (TPSA) is 94.9 Å². The van der Waals surface area contributed by atoms with Gasteiger partial charge >= 0.3 is 5.69 Å². The zero-order valence-electron chi connectivity index (χ0n) is 13.5. The lowest BCUT2D eigenvalue weighted by Gasteiger charge is -2.05. The van der Waals surface area contributed by atoms with E-state index < -0.39 is 0 Å². The monoisotopic (exact) mass is 347 g/mol. The van der Waals surface area contributed by atoms with E-state index in [0.717, 1.165) is 11.1 Å². The van der Waals surface area contributed by atoms with Crippen molar-refractivity contribution >= 4 is 11.3 Å². The number of imidazole rings is 1. The summed E-state index contributed by atoms with van der Waals surface area (Å²) in [7, 11) is 0. The third-order valence-electron chi connectivity index (χ3n) is 4.24. The van der Waals surface area contributed by atoms with Gasteiger partial charge in [-0.25, -0.2) is 14.8 Å². The molecule has 1 aliphatic heterocycles. The molecule has 0 saturated carbocycles. The average molecular weight is 347 g/mol. The maximum absolute atomic E-state index is 12.3. The second-order valence-corrected chi connectivity index (χ2v) is 5.87. The van der Waals surface area contributed by atoms with Crippen LogP contribution >= 0.6 is 0 Å². The van der Waals surface area contributed by atoms with Crippen LogP contribution in [0.3, 0.4) is 0 Å². The molecule has 8 nitrogen and oxygen atoms in total. The van der Waals surface area contributed by atoms with E-state index in [1.54, 1.807) is 23.2 Å². The molecule has 26 heavy (non-hydrogen) atoms. The van der Waals surface area contributed by atoms with Crippen LogP contribution in [0, 0.1) is 0 Å².